The van der Waals surface area contributed by atoms with E-state index < -0.39 is 0 Å². The molecule has 29 heavy (non-hydrogen) atoms. The van der Waals surface area contributed by atoms with Crippen molar-refractivity contribution in [3.05, 3.63) is 35.4 Å². The summed E-state index contributed by atoms with van der Waals surface area (Å²) in [6.07, 6.45) is 6.81. The van der Waals surface area contributed by atoms with Crippen LogP contribution in [-0.4, -0.2) is 74.3 Å². The van der Waals surface area contributed by atoms with Crippen molar-refractivity contribution >= 4 is 5.96 Å². The molecule has 1 aromatic carbocycles. The first-order valence-corrected chi connectivity index (χ1v) is 11.4. The molecule has 160 valence electrons. The Hall–Kier alpha value is -1.63. The Morgan fingerprint density at radius 1 is 1.10 bits per heavy atom. The maximum atomic E-state index is 5.45. The number of aliphatic imine (C=N–C) groups is 1. The summed E-state index contributed by atoms with van der Waals surface area (Å²) in [5.41, 5.74) is 2.68. The molecule has 1 unspecified atom stereocenters. The van der Waals surface area contributed by atoms with E-state index in [1.165, 1.54) is 49.8 Å². The number of nitrogens with zero attached hydrogens (tertiary/aromatic N) is 3. The summed E-state index contributed by atoms with van der Waals surface area (Å²) in [7, 11) is 1.87. The van der Waals surface area contributed by atoms with E-state index in [2.05, 4.69) is 49.7 Å². The molecule has 6 heteroatoms. The third kappa shape index (κ3) is 5.93. The van der Waals surface area contributed by atoms with E-state index in [9.17, 15) is 0 Å². The fraction of sp³-hybridized carbons (Fsp3) is 0.696. The topological polar surface area (TPSA) is 52.1 Å². The van der Waals surface area contributed by atoms with E-state index in [-0.39, 0.29) is 0 Å². The standard InChI is InChI=1S/C23H37N5O/c1-24-23(26-21-9-10-28(18-21)22-7-2-3-8-22)25-16-19-5-4-6-20(15-19)17-27-11-13-29-14-12-27/h4-6,15,21-22H,2-3,7-14,16-18H2,1H3,(H2,24,25,26). The van der Waals surface area contributed by atoms with Crippen LogP contribution >= 0.6 is 0 Å². The Balaban J connectivity index is 1.24. The quantitative estimate of drug-likeness (QED) is 0.567. The lowest BCUT2D eigenvalue weighted by atomic mass is 10.1. The molecule has 2 N–H and O–H groups in total. The van der Waals surface area contributed by atoms with Crippen molar-refractivity contribution in [3.8, 4) is 0 Å². The monoisotopic (exact) mass is 399 g/mol. The summed E-state index contributed by atoms with van der Waals surface area (Å²) < 4.78 is 5.45. The number of morpholine rings is 1. The summed E-state index contributed by atoms with van der Waals surface area (Å²) in [6, 6.07) is 10.2. The second-order valence-electron chi connectivity index (χ2n) is 8.70. The lowest BCUT2D eigenvalue weighted by molar-refractivity contribution is 0.0342. The van der Waals surface area contributed by atoms with Crippen molar-refractivity contribution in [3.63, 3.8) is 0 Å². The number of rotatable bonds is 6. The van der Waals surface area contributed by atoms with Crippen molar-refractivity contribution in [1.29, 1.82) is 0 Å². The smallest absolute Gasteiger partial charge is 0.191 e. The van der Waals surface area contributed by atoms with Gasteiger partial charge in [-0.05, 0) is 30.4 Å². The highest BCUT2D eigenvalue weighted by Gasteiger charge is 2.30. The molecule has 2 aliphatic heterocycles. The molecule has 3 fully saturated rings. The third-order valence-electron chi connectivity index (χ3n) is 6.59. The van der Waals surface area contributed by atoms with Crippen LogP contribution in [0.5, 0.6) is 0 Å². The number of benzene rings is 1. The second kappa shape index (κ2) is 10.4. The van der Waals surface area contributed by atoms with Crippen LogP contribution in [0, 0.1) is 0 Å². The Morgan fingerprint density at radius 3 is 2.69 bits per heavy atom. The van der Waals surface area contributed by atoms with Crippen molar-refractivity contribution < 1.29 is 4.74 Å². The minimum Gasteiger partial charge on any atom is -0.379 e. The molecule has 6 nitrogen and oxygen atoms in total. The maximum Gasteiger partial charge on any atom is 0.191 e. The van der Waals surface area contributed by atoms with Crippen LogP contribution in [0.1, 0.15) is 43.2 Å². The minimum absolute atomic E-state index is 0.509. The molecule has 1 saturated carbocycles. The number of ether oxygens (including phenoxy) is 1. The summed E-state index contributed by atoms with van der Waals surface area (Å²) in [5, 5.41) is 7.16. The largest absolute Gasteiger partial charge is 0.379 e. The number of nitrogens with one attached hydrogen (secondary N) is 2. The van der Waals surface area contributed by atoms with Gasteiger partial charge in [-0.15, -0.1) is 0 Å². The molecule has 0 spiro atoms. The Bertz CT molecular complexity index is 667. The summed E-state index contributed by atoms with van der Waals surface area (Å²) >= 11 is 0. The van der Waals surface area contributed by atoms with Gasteiger partial charge < -0.3 is 15.4 Å². The van der Waals surface area contributed by atoms with Crippen molar-refractivity contribution in [1.82, 2.24) is 20.4 Å². The van der Waals surface area contributed by atoms with E-state index in [0.29, 0.717) is 6.04 Å². The van der Waals surface area contributed by atoms with Gasteiger partial charge >= 0.3 is 0 Å². The van der Waals surface area contributed by atoms with Gasteiger partial charge in [0.15, 0.2) is 5.96 Å². The number of guanidine groups is 1. The van der Waals surface area contributed by atoms with Gasteiger partial charge in [0.2, 0.25) is 0 Å². The summed E-state index contributed by atoms with van der Waals surface area (Å²) in [6.45, 7) is 7.93. The van der Waals surface area contributed by atoms with Crippen LogP contribution in [0.25, 0.3) is 0 Å². The van der Waals surface area contributed by atoms with Gasteiger partial charge in [-0.25, -0.2) is 0 Å². The van der Waals surface area contributed by atoms with Gasteiger partial charge in [0.25, 0.3) is 0 Å². The minimum atomic E-state index is 0.509. The molecule has 2 saturated heterocycles. The van der Waals surface area contributed by atoms with Crippen LogP contribution in [0.2, 0.25) is 0 Å². The molecular weight excluding hydrogens is 362 g/mol. The van der Waals surface area contributed by atoms with E-state index in [0.717, 1.165) is 57.9 Å². The zero-order valence-corrected chi connectivity index (χ0v) is 17.9. The third-order valence-corrected chi connectivity index (χ3v) is 6.59. The van der Waals surface area contributed by atoms with E-state index >= 15 is 0 Å². The molecule has 0 amide bonds. The maximum absolute atomic E-state index is 5.45. The zero-order valence-electron chi connectivity index (χ0n) is 17.9. The number of hydrogen-bond acceptors (Lipinski definition) is 4. The molecular formula is C23H37N5O. The predicted molar refractivity (Wildman–Crippen MR) is 118 cm³/mol. The second-order valence-corrected chi connectivity index (χ2v) is 8.70. The van der Waals surface area contributed by atoms with Crippen molar-refractivity contribution in [2.75, 3.05) is 46.4 Å². The fourth-order valence-electron chi connectivity index (χ4n) is 4.94. The molecule has 1 aromatic rings. The first-order valence-electron chi connectivity index (χ1n) is 11.4. The van der Waals surface area contributed by atoms with Crippen LogP contribution in [-0.2, 0) is 17.8 Å². The highest BCUT2D eigenvalue weighted by molar-refractivity contribution is 5.80. The SMILES string of the molecule is CN=C(NCc1cccc(CN2CCOCC2)c1)NC1CCN(C2CCCC2)C1. The lowest BCUT2D eigenvalue weighted by Crippen LogP contribution is -2.45. The van der Waals surface area contributed by atoms with Crippen LogP contribution in [0.15, 0.2) is 29.3 Å². The van der Waals surface area contributed by atoms with Gasteiger partial charge in [-0.3, -0.25) is 14.8 Å². The predicted octanol–water partition coefficient (Wildman–Crippen LogP) is 2.20. The van der Waals surface area contributed by atoms with Crippen molar-refractivity contribution in [2.24, 2.45) is 4.99 Å². The van der Waals surface area contributed by atoms with Crippen LogP contribution in [0.4, 0.5) is 0 Å². The molecule has 1 atom stereocenters. The van der Waals surface area contributed by atoms with E-state index in [4.69, 9.17) is 4.74 Å². The molecule has 3 aliphatic rings. The van der Waals surface area contributed by atoms with Gasteiger partial charge in [0.05, 0.1) is 13.2 Å². The molecule has 0 radical (unpaired) electrons. The van der Waals surface area contributed by atoms with Gasteiger partial charge in [-0.1, -0.05) is 37.1 Å². The fourth-order valence-corrected chi connectivity index (χ4v) is 4.94. The average Bonchev–Trinajstić information content (AvgIpc) is 3.44. The molecule has 0 aromatic heterocycles. The first kappa shape index (κ1) is 20.6. The normalized spacial score (nSPS) is 24.9. The summed E-state index contributed by atoms with van der Waals surface area (Å²) in [4.78, 5) is 9.61. The molecule has 0 bridgehead atoms. The van der Waals surface area contributed by atoms with Gasteiger partial charge in [0.1, 0.15) is 0 Å². The lowest BCUT2D eigenvalue weighted by Gasteiger charge is -2.26. The molecule has 2 heterocycles. The highest BCUT2D eigenvalue weighted by Crippen LogP contribution is 2.26. The Morgan fingerprint density at radius 2 is 1.90 bits per heavy atom. The van der Waals surface area contributed by atoms with E-state index in [1.807, 2.05) is 7.05 Å². The first-order chi connectivity index (χ1) is 14.3. The van der Waals surface area contributed by atoms with Crippen LogP contribution in [0.3, 0.4) is 0 Å². The zero-order chi connectivity index (χ0) is 19.9. The number of likely N-dealkylation sites (tertiary alicyclic amines) is 1. The van der Waals surface area contributed by atoms with Gasteiger partial charge in [0, 0.05) is 58.4 Å². The van der Waals surface area contributed by atoms with Gasteiger partial charge in [-0.2, -0.15) is 0 Å². The Labute approximate surface area is 175 Å². The highest BCUT2D eigenvalue weighted by atomic mass is 16.5. The molecule has 4 rings (SSSR count). The number of hydrogen-bond donors (Lipinski definition) is 2. The van der Waals surface area contributed by atoms with Crippen molar-refractivity contribution in [2.45, 2.75) is 57.3 Å². The molecule has 1 aliphatic carbocycles. The summed E-state index contributed by atoms with van der Waals surface area (Å²) in [5.74, 6) is 0.918. The van der Waals surface area contributed by atoms with Crippen LogP contribution < -0.4 is 10.6 Å². The average molecular weight is 400 g/mol. The Kier molecular flexibility index (Phi) is 7.41. The van der Waals surface area contributed by atoms with E-state index in [1.54, 1.807) is 0 Å².